The molecule has 0 aliphatic carbocycles. The van der Waals surface area contributed by atoms with Gasteiger partial charge in [-0.25, -0.2) is 8.42 Å². The van der Waals surface area contributed by atoms with Crippen LogP contribution in [0.5, 0.6) is 0 Å². The van der Waals surface area contributed by atoms with Crippen LogP contribution in [-0.4, -0.2) is 13.7 Å². The van der Waals surface area contributed by atoms with E-state index in [4.69, 9.17) is 5.26 Å². The van der Waals surface area contributed by atoms with Gasteiger partial charge in [0.15, 0.2) is 5.25 Å². The molecule has 0 saturated heterocycles. The summed E-state index contributed by atoms with van der Waals surface area (Å²) in [5.74, 6) is 0. The fourth-order valence-corrected chi connectivity index (χ4v) is 2.24. The average Bonchev–Trinajstić information content (AvgIpc) is 2.23. The van der Waals surface area contributed by atoms with Gasteiger partial charge in [0.25, 0.3) is 0 Å². The Bertz CT molecular complexity index is 534. The molecule has 0 fully saturated rings. The van der Waals surface area contributed by atoms with Gasteiger partial charge < -0.3 is 0 Å². The predicted octanol–water partition coefficient (Wildman–Crippen LogP) is 2.41. The quantitative estimate of drug-likeness (QED) is 0.932. The average molecular weight is 303 g/mol. The summed E-state index contributed by atoms with van der Waals surface area (Å²) in [6.45, 7) is 3.13. The van der Waals surface area contributed by atoms with Gasteiger partial charge in [-0.3, -0.25) is 4.72 Å². The van der Waals surface area contributed by atoms with Crippen molar-refractivity contribution < 1.29 is 8.42 Å². The lowest BCUT2D eigenvalue weighted by molar-refractivity contribution is 0.597. The molecule has 0 bridgehead atoms. The van der Waals surface area contributed by atoms with Crippen LogP contribution in [0.25, 0.3) is 0 Å². The van der Waals surface area contributed by atoms with Crippen LogP contribution in [0.2, 0.25) is 0 Å². The van der Waals surface area contributed by atoms with Gasteiger partial charge in [-0.1, -0.05) is 22.0 Å². The Kier molecular flexibility index (Phi) is 3.94. The van der Waals surface area contributed by atoms with E-state index in [1.807, 2.05) is 6.07 Å². The topological polar surface area (TPSA) is 70.0 Å². The van der Waals surface area contributed by atoms with Crippen LogP contribution < -0.4 is 4.72 Å². The Morgan fingerprint density at radius 3 is 2.69 bits per heavy atom. The minimum Gasteiger partial charge on any atom is -0.282 e. The molecule has 0 heterocycles. The third-order valence-corrected chi connectivity index (χ3v) is 4.57. The Morgan fingerprint density at radius 2 is 2.12 bits per heavy atom. The highest BCUT2D eigenvalue weighted by molar-refractivity contribution is 9.10. The first-order chi connectivity index (χ1) is 7.38. The number of halogens is 1. The SMILES string of the molecule is Cc1c(Br)cccc1NS(=O)(=O)C(C)C#N. The smallest absolute Gasteiger partial charge is 0.248 e. The Labute approximate surface area is 103 Å². The molecule has 1 aromatic rings. The van der Waals surface area contributed by atoms with Crippen molar-refractivity contribution in [1.82, 2.24) is 0 Å². The Hall–Kier alpha value is -1.06. The number of nitrogens with zero attached hydrogens (tertiary/aromatic N) is 1. The van der Waals surface area contributed by atoms with Crippen LogP contribution in [0.1, 0.15) is 12.5 Å². The Morgan fingerprint density at radius 1 is 1.50 bits per heavy atom. The molecule has 1 unspecified atom stereocenters. The molecule has 0 amide bonds. The zero-order valence-electron chi connectivity index (χ0n) is 8.86. The van der Waals surface area contributed by atoms with Crippen molar-refractivity contribution in [3.8, 4) is 6.07 Å². The van der Waals surface area contributed by atoms with Gasteiger partial charge >= 0.3 is 0 Å². The van der Waals surface area contributed by atoms with Crippen molar-refractivity contribution in [2.24, 2.45) is 0 Å². The van der Waals surface area contributed by atoms with Gasteiger partial charge in [-0.15, -0.1) is 0 Å². The van der Waals surface area contributed by atoms with Crippen LogP contribution in [0.4, 0.5) is 5.69 Å². The van der Waals surface area contributed by atoms with Crippen LogP contribution >= 0.6 is 15.9 Å². The fraction of sp³-hybridized carbons (Fsp3) is 0.300. The minimum atomic E-state index is -3.63. The van der Waals surface area contributed by atoms with Crippen molar-refractivity contribution in [1.29, 1.82) is 5.26 Å². The van der Waals surface area contributed by atoms with Crippen molar-refractivity contribution in [3.63, 3.8) is 0 Å². The van der Waals surface area contributed by atoms with Crippen molar-refractivity contribution in [2.45, 2.75) is 19.1 Å². The molecule has 0 saturated carbocycles. The van der Waals surface area contributed by atoms with Crippen LogP contribution in [0.3, 0.4) is 0 Å². The summed E-state index contributed by atoms with van der Waals surface area (Å²) < 4.78 is 26.5. The number of hydrogen-bond acceptors (Lipinski definition) is 3. The number of benzene rings is 1. The number of sulfonamides is 1. The second kappa shape index (κ2) is 4.85. The number of nitriles is 1. The van der Waals surface area contributed by atoms with Crippen LogP contribution in [0.15, 0.2) is 22.7 Å². The molecular formula is C10H11BrN2O2S. The first-order valence-electron chi connectivity index (χ1n) is 4.55. The molecular weight excluding hydrogens is 292 g/mol. The maximum Gasteiger partial charge on any atom is 0.248 e. The van der Waals surface area contributed by atoms with Crippen molar-refractivity contribution in [2.75, 3.05) is 4.72 Å². The maximum atomic E-state index is 11.6. The fourth-order valence-electron chi connectivity index (χ4n) is 1.03. The van der Waals surface area contributed by atoms with E-state index in [1.54, 1.807) is 25.1 Å². The van der Waals surface area contributed by atoms with Crippen LogP contribution in [-0.2, 0) is 10.0 Å². The van der Waals surface area contributed by atoms with Crippen LogP contribution in [0, 0.1) is 18.3 Å². The third kappa shape index (κ3) is 2.74. The third-order valence-electron chi connectivity index (χ3n) is 2.17. The van der Waals surface area contributed by atoms with E-state index in [0.717, 1.165) is 10.0 Å². The molecule has 0 aliphatic heterocycles. The zero-order valence-corrected chi connectivity index (χ0v) is 11.3. The van der Waals surface area contributed by atoms with E-state index in [2.05, 4.69) is 20.7 Å². The Balaban J connectivity index is 3.08. The first kappa shape index (κ1) is 13.0. The summed E-state index contributed by atoms with van der Waals surface area (Å²) >= 11 is 3.31. The first-order valence-corrected chi connectivity index (χ1v) is 6.89. The monoisotopic (exact) mass is 302 g/mol. The lowest BCUT2D eigenvalue weighted by Gasteiger charge is -2.12. The molecule has 0 aliphatic rings. The highest BCUT2D eigenvalue weighted by Gasteiger charge is 2.20. The molecule has 1 rings (SSSR count). The predicted molar refractivity (Wildman–Crippen MR) is 66.5 cm³/mol. The number of hydrogen-bond donors (Lipinski definition) is 1. The number of nitrogens with one attached hydrogen (secondary N) is 1. The lowest BCUT2D eigenvalue weighted by Crippen LogP contribution is -2.24. The van der Waals surface area contributed by atoms with Gasteiger partial charge in [0.05, 0.1) is 11.8 Å². The largest absolute Gasteiger partial charge is 0.282 e. The summed E-state index contributed by atoms with van der Waals surface area (Å²) in [6.07, 6.45) is 0. The van der Waals surface area contributed by atoms with E-state index in [0.29, 0.717) is 5.69 Å². The van der Waals surface area contributed by atoms with E-state index < -0.39 is 15.3 Å². The molecule has 1 N–H and O–H groups in total. The van der Waals surface area contributed by atoms with E-state index >= 15 is 0 Å². The summed E-state index contributed by atoms with van der Waals surface area (Å²) in [5, 5.41) is 7.52. The molecule has 6 heteroatoms. The maximum absolute atomic E-state index is 11.6. The van der Waals surface area contributed by atoms with Gasteiger partial charge in [0.1, 0.15) is 0 Å². The molecule has 4 nitrogen and oxygen atoms in total. The van der Waals surface area contributed by atoms with E-state index in [1.165, 1.54) is 6.92 Å². The summed E-state index contributed by atoms with van der Waals surface area (Å²) in [4.78, 5) is 0. The van der Waals surface area contributed by atoms with Crippen molar-refractivity contribution in [3.05, 3.63) is 28.2 Å². The molecule has 0 radical (unpaired) electrons. The van der Waals surface area contributed by atoms with Gasteiger partial charge in [0.2, 0.25) is 10.0 Å². The highest BCUT2D eigenvalue weighted by Crippen LogP contribution is 2.24. The van der Waals surface area contributed by atoms with Gasteiger partial charge in [-0.2, -0.15) is 5.26 Å². The molecule has 1 atom stereocenters. The minimum absolute atomic E-state index is 0.483. The van der Waals surface area contributed by atoms with E-state index in [-0.39, 0.29) is 0 Å². The second-order valence-electron chi connectivity index (χ2n) is 3.33. The zero-order chi connectivity index (χ0) is 12.3. The van der Waals surface area contributed by atoms with Gasteiger partial charge in [0, 0.05) is 4.47 Å². The second-order valence-corrected chi connectivity index (χ2v) is 6.19. The van der Waals surface area contributed by atoms with Crippen molar-refractivity contribution >= 4 is 31.6 Å². The molecule has 86 valence electrons. The summed E-state index contributed by atoms with van der Waals surface area (Å²) in [7, 11) is -3.63. The number of anilines is 1. The van der Waals surface area contributed by atoms with Gasteiger partial charge in [-0.05, 0) is 31.5 Å². The number of rotatable bonds is 3. The van der Waals surface area contributed by atoms with E-state index in [9.17, 15) is 8.42 Å². The molecule has 0 spiro atoms. The summed E-state index contributed by atoms with van der Waals surface area (Å²) in [5.41, 5.74) is 1.27. The molecule has 0 aromatic heterocycles. The standard InChI is InChI=1S/C10H11BrN2O2S/c1-7(6-12)16(14,15)13-10-5-3-4-9(11)8(10)2/h3-5,7,13H,1-2H3. The highest BCUT2D eigenvalue weighted by atomic mass is 79.9. The summed E-state index contributed by atoms with van der Waals surface area (Å²) in [6, 6.07) is 6.90. The lowest BCUT2D eigenvalue weighted by atomic mass is 10.2. The normalized spacial score (nSPS) is 12.9. The molecule has 1 aromatic carbocycles. The molecule has 16 heavy (non-hydrogen) atoms.